The van der Waals surface area contributed by atoms with Gasteiger partial charge in [0.2, 0.25) is 15.9 Å². The number of aromatic nitrogens is 3. The van der Waals surface area contributed by atoms with Crippen LogP contribution in [0.3, 0.4) is 0 Å². The zero-order valence-electron chi connectivity index (χ0n) is 12.8. The van der Waals surface area contributed by atoms with E-state index in [1.165, 1.54) is 24.3 Å². The van der Waals surface area contributed by atoms with Gasteiger partial charge in [0.05, 0.1) is 17.1 Å². The first-order valence-corrected chi connectivity index (χ1v) is 8.60. The minimum atomic E-state index is -3.82. The molecule has 25 heavy (non-hydrogen) atoms. The highest BCUT2D eigenvalue weighted by Crippen LogP contribution is 2.22. The molecule has 2 aromatic heterocycles. The molecule has 0 aliphatic carbocycles. The predicted molar refractivity (Wildman–Crippen MR) is 87.9 cm³/mol. The highest BCUT2D eigenvalue weighted by molar-refractivity contribution is 7.89. The van der Waals surface area contributed by atoms with E-state index in [9.17, 15) is 18.3 Å². The van der Waals surface area contributed by atoms with Crippen LogP contribution in [0, 0.1) is 0 Å². The van der Waals surface area contributed by atoms with Gasteiger partial charge in [-0.25, -0.2) is 17.9 Å². The predicted octanol–water partition coefficient (Wildman–Crippen LogP) is 1.07. The van der Waals surface area contributed by atoms with Crippen molar-refractivity contribution < 1.29 is 18.3 Å². The Morgan fingerprint density at radius 2 is 1.68 bits per heavy atom. The van der Waals surface area contributed by atoms with Crippen molar-refractivity contribution >= 4 is 10.0 Å². The average molecular weight is 362 g/mol. The molecule has 130 valence electrons. The Labute approximate surface area is 142 Å². The Morgan fingerprint density at radius 1 is 1.04 bits per heavy atom. The van der Waals surface area contributed by atoms with Crippen LogP contribution in [0.1, 0.15) is 5.69 Å². The van der Waals surface area contributed by atoms with Crippen LogP contribution in [0.5, 0.6) is 17.4 Å². The lowest BCUT2D eigenvalue weighted by Gasteiger charge is -2.08. The molecule has 3 aromatic rings. The van der Waals surface area contributed by atoms with Crippen molar-refractivity contribution in [2.75, 3.05) is 0 Å². The second kappa shape index (κ2) is 6.79. The molecule has 0 unspecified atom stereocenters. The Balaban J connectivity index is 1.70. The second-order valence-electron chi connectivity index (χ2n) is 4.99. The first-order valence-electron chi connectivity index (χ1n) is 7.12. The number of benzene rings is 1. The van der Waals surface area contributed by atoms with Gasteiger partial charge in [0.15, 0.2) is 0 Å². The molecule has 2 heterocycles. The molecular formula is C15H14N4O5S. The summed E-state index contributed by atoms with van der Waals surface area (Å²) >= 11 is 0. The lowest BCUT2D eigenvalue weighted by atomic mass is 10.3. The lowest BCUT2D eigenvalue weighted by molar-refractivity contribution is 0.447. The van der Waals surface area contributed by atoms with Crippen LogP contribution in [-0.4, -0.2) is 28.5 Å². The molecule has 0 fully saturated rings. The third-order valence-corrected chi connectivity index (χ3v) is 4.66. The van der Waals surface area contributed by atoms with Crippen molar-refractivity contribution in [2.45, 2.75) is 11.4 Å². The van der Waals surface area contributed by atoms with Crippen LogP contribution in [0.15, 0.2) is 58.5 Å². The molecule has 0 saturated carbocycles. The average Bonchev–Trinajstić information content (AvgIpc) is 2.92. The number of pyridine rings is 1. The summed E-state index contributed by atoms with van der Waals surface area (Å²) in [4.78, 5) is 19.3. The third-order valence-electron chi connectivity index (χ3n) is 3.24. The van der Waals surface area contributed by atoms with E-state index in [1.54, 1.807) is 24.5 Å². The summed E-state index contributed by atoms with van der Waals surface area (Å²) in [6.45, 7) is -0.262. The molecule has 0 aliphatic heterocycles. The maximum absolute atomic E-state index is 12.2. The number of imidazole rings is 1. The highest BCUT2D eigenvalue weighted by atomic mass is 32.2. The molecular weight excluding hydrogens is 348 g/mol. The highest BCUT2D eigenvalue weighted by Gasteiger charge is 2.16. The molecule has 9 nitrogen and oxygen atoms in total. The van der Waals surface area contributed by atoms with Crippen LogP contribution in [0.4, 0.5) is 0 Å². The van der Waals surface area contributed by atoms with Crippen LogP contribution < -0.4 is 15.1 Å². The van der Waals surface area contributed by atoms with E-state index < -0.39 is 21.6 Å². The van der Waals surface area contributed by atoms with E-state index in [1.807, 2.05) is 0 Å². The summed E-state index contributed by atoms with van der Waals surface area (Å²) in [5, 5.41) is 9.43. The molecule has 3 rings (SSSR count). The van der Waals surface area contributed by atoms with Crippen molar-refractivity contribution in [1.82, 2.24) is 19.7 Å². The normalized spacial score (nSPS) is 11.4. The first-order chi connectivity index (χ1) is 11.9. The fraction of sp³-hybridized carbons (Fsp3) is 0.0667. The van der Waals surface area contributed by atoms with Crippen LogP contribution in [0.25, 0.3) is 0 Å². The molecule has 10 heteroatoms. The number of aromatic hydroxyl groups is 1. The number of hydrogen-bond acceptors (Lipinski definition) is 6. The van der Waals surface area contributed by atoms with Gasteiger partial charge in [-0.05, 0) is 36.4 Å². The molecule has 1 aromatic carbocycles. The Morgan fingerprint density at radius 3 is 2.28 bits per heavy atom. The van der Waals surface area contributed by atoms with Gasteiger partial charge in [0.1, 0.15) is 11.5 Å². The van der Waals surface area contributed by atoms with Gasteiger partial charge in [0, 0.05) is 12.4 Å². The number of rotatable bonds is 6. The molecule has 0 amide bonds. The Kier molecular flexibility index (Phi) is 4.55. The Bertz CT molecular complexity index is 1010. The fourth-order valence-corrected chi connectivity index (χ4v) is 3.01. The van der Waals surface area contributed by atoms with E-state index in [2.05, 4.69) is 19.7 Å². The zero-order valence-corrected chi connectivity index (χ0v) is 13.6. The van der Waals surface area contributed by atoms with E-state index >= 15 is 0 Å². The standard InChI is InChI=1S/C15H14N4O5S/c20-14-13(18-15(21)19-14)9-17-25(22,23)12-3-1-10(2-4-12)24-11-5-7-16-8-6-11/h1-8,17,20H,9H2,(H2,18,19,21). The summed E-state index contributed by atoms with van der Waals surface area (Å²) in [5.41, 5.74) is -0.574. The molecule has 4 N–H and O–H groups in total. The molecule has 0 aliphatic rings. The molecule has 0 atom stereocenters. The van der Waals surface area contributed by atoms with Gasteiger partial charge in [-0.15, -0.1) is 0 Å². The van der Waals surface area contributed by atoms with Gasteiger partial charge in [-0.1, -0.05) is 0 Å². The SMILES string of the molecule is O=c1[nH]c(O)c(CNS(=O)(=O)c2ccc(Oc3ccncc3)cc2)[nH]1. The summed E-state index contributed by atoms with van der Waals surface area (Å²) in [6, 6.07) is 9.17. The van der Waals surface area contributed by atoms with E-state index in [0.29, 0.717) is 11.5 Å². The summed E-state index contributed by atoms with van der Waals surface area (Å²) in [6.07, 6.45) is 3.16. The third kappa shape index (κ3) is 4.05. The molecule has 0 spiro atoms. The van der Waals surface area contributed by atoms with E-state index in [0.717, 1.165) is 0 Å². The number of ether oxygens (including phenoxy) is 1. The van der Waals surface area contributed by atoms with Gasteiger partial charge in [-0.3, -0.25) is 9.97 Å². The minimum absolute atomic E-state index is 0.0203. The quantitative estimate of drug-likeness (QED) is 0.518. The van der Waals surface area contributed by atoms with Crippen molar-refractivity contribution in [2.24, 2.45) is 0 Å². The monoisotopic (exact) mass is 362 g/mol. The molecule has 0 radical (unpaired) electrons. The topological polar surface area (TPSA) is 137 Å². The van der Waals surface area contributed by atoms with Crippen molar-refractivity contribution in [3.05, 3.63) is 65.0 Å². The van der Waals surface area contributed by atoms with E-state index in [4.69, 9.17) is 4.74 Å². The summed E-state index contributed by atoms with van der Waals surface area (Å²) < 4.78 is 32.3. The number of nitrogens with one attached hydrogen (secondary N) is 3. The van der Waals surface area contributed by atoms with Gasteiger partial charge in [0.25, 0.3) is 0 Å². The smallest absolute Gasteiger partial charge is 0.326 e. The number of sulfonamides is 1. The van der Waals surface area contributed by atoms with Gasteiger partial charge >= 0.3 is 5.69 Å². The van der Waals surface area contributed by atoms with Crippen molar-refractivity contribution in [1.29, 1.82) is 0 Å². The lowest BCUT2D eigenvalue weighted by Crippen LogP contribution is -2.23. The van der Waals surface area contributed by atoms with Gasteiger partial charge < -0.3 is 14.8 Å². The molecule has 0 bridgehead atoms. The maximum Gasteiger partial charge on any atom is 0.326 e. The van der Waals surface area contributed by atoms with Crippen molar-refractivity contribution in [3.63, 3.8) is 0 Å². The number of aromatic amines is 2. The summed E-state index contributed by atoms with van der Waals surface area (Å²) in [5.74, 6) is 0.641. The van der Waals surface area contributed by atoms with Crippen LogP contribution in [-0.2, 0) is 16.6 Å². The molecule has 0 saturated heterocycles. The number of nitrogens with zero attached hydrogens (tertiary/aromatic N) is 1. The van der Waals surface area contributed by atoms with Gasteiger partial charge in [-0.2, -0.15) is 0 Å². The first kappa shape index (κ1) is 16.7. The zero-order chi connectivity index (χ0) is 17.9. The fourth-order valence-electron chi connectivity index (χ4n) is 2.02. The van der Waals surface area contributed by atoms with Crippen molar-refractivity contribution in [3.8, 4) is 17.4 Å². The minimum Gasteiger partial charge on any atom is -0.493 e. The van der Waals surface area contributed by atoms with Crippen LogP contribution >= 0.6 is 0 Å². The number of H-pyrrole nitrogens is 2. The largest absolute Gasteiger partial charge is 0.493 e. The van der Waals surface area contributed by atoms with E-state index in [-0.39, 0.29) is 17.1 Å². The Hall–Kier alpha value is -3.11. The second-order valence-corrected chi connectivity index (χ2v) is 6.75. The number of hydrogen-bond donors (Lipinski definition) is 4. The summed E-state index contributed by atoms with van der Waals surface area (Å²) in [7, 11) is -3.82. The maximum atomic E-state index is 12.2. The van der Waals surface area contributed by atoms with Crippen LogP contribution in [0.2, 0.25) is 0 Å².